The van der Waals surface area contributed by atoms with Crippen molar-refractivity contribution in [2.75, 3.05) is 6.61 Å². The zero-order valence-electron chi connectivity index (χ0n) is 17.3. The molecule has 2 aromatic carbocycles. The highest BCUT2D eigenvalue weighted by Crippen LogP contribution is 2.13. The van der Waals surface area contributed by atoms with Crippen LogP contribution in [0.15, 0.2) is 54.6 Å². The molecule has 0 aliphatic heterocycles. The molecule has 0 unspecified atom stereocenters. The molecular weight excluding hydrogens is 398 g/mol. The van der Waals surface area contributed by atoms with E-state index in [1.54, 1.807) is 0 Å². The van der Waals surface area contributed by atoms with Crippen LogP contribution in [0.25, 0.3) is 11.4 Å². The molecule has 1 aromatic heterocycles. The van der Waals surface area contributed by atoms with Gasteiger partial charge in [0.25, 0.3) is 5.91 Å². The van der Waals surface area contributed by atoms with Crippen LogP contribution in [0.2, 0.25) is 0 Å². The summed E-state index contributed by atoms with van der Waals surface area (Å²) in [6.07, 6.45) is 0.362. The Morgan fingerprint density at radius 1 is 1.06 bits per heavy atom. The zero-order chi connectivity index (χ0) is 22.2. The fourth-order valence-corrected chi connectivity index (χ4v) is 2.82. The van der Waals surface area contributed by atoms with Crippen molar-refractivity contribution in [1.29, 1.82) is 0 Å². The second kappa shape index (κ2) is 10.2. The minimum Gasteiger partial charge on any atom is -0.454 e. The van der Waals surface area contributed by atoms with Gasteiger partial charge < -0.3 is 10.1 Å². The summed E-state index contributed by atoms with van der Waals surface area (Å²) in [5, 5.41) is 14.5. The Hall–Kier alpha value is -3.88. The minimum atomic E-state index is -0.692. The number of hydrogen-bond donors (Lipinski definition) is 1. The van der Waals surface area contributed by atoms with Gasteiger partial charge in [0.1, 0.15) is 0 Å². The van der Waals surface area contributed by atoms with E-state index in [1.165, 1.54) is 6.92 Å². The lowest BCUT2D eigenvalue weighted by Crippen LogP contribution is -2.43. The summed E-state index contributed by atoms with van der Waals surface area (Å²) < 4.78 is 4.98. The first-order chi connectivity index (χ1) is 14.9. The summed E-state index contributed by atoms with van der Waals surface area (Å²) in [7, 11) is 0. The first-order valence-corrected chi connectivity index (χ1v) is 9.75. The van der Waals surface area contributed by atoms with E-state index in [-0.39, 0.29) is 12.3 Å². The Kier molecular flexibility index (Phi) is 7.21. The Balaban J connectivity index is 1.48. The molecule has 0 aliphatic carbocycles. The number of nitrogens with one attached hydrogen (secondary N) is 1. The highest BCUT2D eigenvalue weighted by Gasteiger charge is 2.19. The molecule has 1 atom stereocenters. The van der Waals surface area contributed by atoms with Crippen LogP contribution in [0.4, 0.5) is 0 Å². The zero-order valence-corrected chi connectivity index (χ0v) is 17.3. The summed E-state index contributed by atoms with van der Waals surface area (Å²) in [5.74, 6) is -1.04. The number of benzene rings is 2. The van der Waals surface area contributed by atoms with Gasteiger partial charge in [-0.15, -0.1) is 10.2 Å². The number of nitrogens with zero attached hydrogens (tertiary/aromatic N) is 4. The maximum atomic E-state index is 12.1. The molecule has 0 fully saturated rings. The van der Waals surface area contributed by atoms with Gasteiger partial charge in [-0.25, -0.2) is 4.79 Å². The molecule has 9 nitrogen and oxygen atoms in total. The van der Waals surface area contributed by atoms with Crippen LogP contribution in [0.1, 0.15) is 18.1 Å². The van der Waals surface area contributed by atoms with Crippen molar-refractivity contribution in [2.45, 2.75) is 32.9 Å². The van der Waals surface area contributed by atoms with Gasteiger partial charge >= 0.3 is 5.97 Å². The van der Waals surface area contributed by atoms with E-state index in [1.807, 2.05) is 61.5 Å². The van der Waals surface area contributed by atoms with Gasteiger partial charge in [-0.05, 0) is 31.0 Å². The van der Waals surface area contributed by atoms with Gasteiger partial charge in [0.15, 0.2) is 18.9 Å². The van der Waals surface area contributed by atoms with Crippen LogP contribution in [0.5, 0.6) is 0 Å². The number of aromatic nitrogens is 4. The quantitative estimate of drug-likeness (QED) is 0.521. The molecule has 0 spiro atoms. The van der Waals surface area contributed by atoms with Crippen LogP contribution in [-0.4, -0.2) is 50.5 Å². The fourth-order valence-electron chi connectivity index (χ4n) is 2.82. The molecule has 1 amide bonds. The number of Topliss-reactive ketones (excluding diaryl/α,β-unsaturated/α-hetero) is 1. The van der Waals surface area contributed by atoms with Gasteiger partial charge in [-0.1, -0.05) is 60.2 Å². The Bertz CT molecular complexity index is 1050. The van der Waals surface area contributed by atoms with E-state index >= 15 is 0 Å². The molecule has 0 aliphatic rings. The molecule has 0 radical (unpaired) electrons. The molecular formula is C22H23N5O4. The van der Waals surface area contributed by atoms with Crippen LogP contribution in [0.3, 0.4) is 0 Å². The van der Waals surface area contributed by atoms with E-state index in [2.05, 4.69) is 20.7 Å². The van der Waals surface area contributed by atoms with Crippen LogP contribution in [-0.2, 0) is 32.1 Å². The third-order valence-corrected chi connectivity index (χ3v) is 4.51. The van der Waals surface area contributed by atoms with Gasteiger partial charge in [0, 0.05) is 5.56 Å². The van der Waals surface area contributed by atoms with Crippen molar-refractivity contribution in [3.05, 3.63) is 65.7 Å². The second-order valence-electron chi connectivity index (χ2n) is 7.09. The number of amides is 1. The number of rotatable bonds is 9. The minimum absolute atomic E-state index is 0.181. The lowest BCUT2D eigenvalue weighted by atomic mass is 10.0. The van der Waals surface area contributed by atoms with E-state index in [9.17, 15) is 14.4 Å². The molecule has 9 heteroatoms. The molecule has 1 heterocycles. The van der Waals surface area contributed by atoms with Crippen molar-refractivity contribution in [3.8, 4) is 11.4 Å². The van der Waals surface area contributed by atoms with E-state index in [4.69, 9.17) is 4.74 Å². The molecule has 160 valence electrons. The lowest BCUT2D eigenvalue weighted by molar-refractivity contribution is -0.149. The number of hydrogen-bond acceptors (Lipinski definition) is 7. The van der Waals surface area contributed by atoms with Crippen molar-refractivity contribution < 1.29 is 19.1 Å². The summed E-state index contributed by atoms with van der Waals surface area (Å²) in [4.78, 5) is 37.1. The van der Waals surface area contributed by atoms with Crippen molar-refractivity contribution in [1.82, 2.24) is 25.5 Å². The number of carbonyl (C=O) groups is 3. The predicted octanol–water partition coefficient (Wildman–Crippen LogP) is 1.51. The molecule has 3 rings (SSSR count). The summed E-state index contributed by atoms with van der Waals surface area (Å²) in [6, 6.07) is 16.2. The van der Waals surface area contributed by atoms with Crippen LogP contribution < -0.4 is 5.32 Å². The summed E-state index contributed by atoms with van der Waals surface area (Å²) >= 11 is 0. The Morgan fingerprint density at radius 3 is 2.45 bits per heavy atom. The molecule has 0 bridgehead atoms. The number of esters is 1. The third kappa shape index (κ3) is 6.56. The molecule has 0 saturated heterocycles. The van der Waals surface area contributed by atoms with Gasteiger partial charge in [-0.3, -0.25) is 9.59 Å². The SMILES string of the molecule is CC(=O)[C@H](Cc1ccccc1)NC(=O)COC(=O)Cn1nnc(-c2ccc(C)cc2)n1. The summed E-state index contributed by atoms with van der Waals surface area (Å²) in [6.45, 7) is 2.59. The highest BCUT2D eigenvalue weighted by atomic mass is 16.5. The standard InChI is InChI=1S/C22H23N5O4/c1-15-8-10-18(11-9-15)22-24-26-27(25-22)13-21(30)31-14-20(29)23-19(16(2)28)12-17-6-4-3-5-7-17/h3-11,19H,12-14H2,1-2H3,(H,23,29)/t19-/m0/s1. The van der Waals surface area contributed by atoms with Crippen LogP contribution in [0, 0.1) is 6.92 Å². The average Bonchev–Trinajstić information content (AvgIpc) is 3.21. The maximum Gasteiger partial charge on any atom is 0.330 e. The van der Waals surface area contributed by atoms with E-state index < -0.39 is 24.5 Å². The number of carbonyl (C=O) groups excluding carboxylic acids is 3. The number of ketones is 1. The fraction of sp³-hybridized carbons (Fsp3) is 0.273. The van der Waals surface area contributed by atoms with E-state index in [0.717, 1.165) is 21.5 Å². The highest BCUT2D eigenvalue weighted by molar-refractivity contribution is 5.88. The summed E-state index contributed by atoms with van der Waals surface area (Å²) in [5.41, 5.74) is 2.80. The lowest BCUT2D eigenvalue weighted by Gasteiger charge is -2.16. The predicted molar refractivity (Wildman–Crippen MR) is 112 cm³/mol. The normalized spacial score (nSPS) is 11.5. The third-order valence-electron chi connectivity index (χ3n) is 4.51. The average molecular weight is 421 g/mol. The molecule has 31 heavy (non-hydrogen) atoms. The first-order valence-electron chi connectivity index (χ1n) is 9.75. The first kappa shape index (κ1) is 21.8. The van der Waals surface area contributed by atoms with E-state index in [0.29, 0.717) is 12.2 Å². The smallest absolute Gasteiger partial charge is 0.330 e. The second-order valence-corrected chi connectivity index (χ2v) is 7.09. The monoisotopic (exact) mass is 421 g/mol. The molecule has 1 N–H and O–H groups in total. The van der Waals surface area contributed by atoms with Crippen LogP contribution >= 0.6 is 0 Å². The number of aryl methyl sites for hydroxylation is 1. The Morgan fingerprint density at radius 2 is 1.77 bits per heavy atom. The van der Waals surface area contributed by atoms with Crippen molar-refractivity contribution in [2.24, 2.45) is 0 Å². The Labute approximate surface area is 179 Å². The van der Waals surface area contributed by atoms with Gasteiger partial charge in [-0.2, -0.15) is 4.80 Å². The van der Waals surface area contributed by atoms with Gasteiger partial charge in [0.05, 0.1) is 6.04 Å². The molecule has 3 aromatic rings. The van der Waals surface area contributed by atoms with Crippen molar-refractivity contribution in [3.63, 3.8) is 0 Å². The van der Waals surface area contributed by atoms with Crippen molar-refractivity contribution >= 4 is 17.7 Å². The number of ether oxygens (including phenoxy) is 1. The number of tetrazole rings is 1. The van der Waals surface area contributed by atoms with Gasteiger partial charge in [0.2, 0.25) is 5.82 Å². The molecule has 0 saturated carbocycles. The maximum absolute atomic E-state index is 12.1. The largest absolute Gasteiger partial charge is 0.454 e. The topological polar surface area (TPSA) is 116 Å².